The van der Waals surface area contributed by atoms with E-state index in [0.29, 0.717) is 0 Å². The van der Waals surface area contributed by atoms with E-state index < -0.39 is 5.50 Å². The lowest BCUT2D eigenvalue weighted by Gasteiger charge is -2.09. The number of carbonyl (C=O) groups excluding carboxylic acids is 1. The van der Waals surface area contributed by atoms with Crippen LogP contribution >= 0.6 is 11.6 Å². The van der Waals surface area contributed by atoms with Gasteiger partial charge >= 0.3 is 0 Å². The first-order valence-corrected chi connectivity index (χ1v) is 3.07. The molecule has 0 amide bonds. The Hall–Kier alpha value is -0.630. The zero-order valence-electron chi connectivity index (χ0n) is 4.70. The molecule has 2 atom stereocenters. The van der Waals surface area contributed by atoms with Gasteiger partial charge in [-0.2, -0.15) is 0 Å². The molecule has 0 aromatic rings. The first-order chi connectivity index (χ1) is 4.34. The van der Waals surface area contributed by atoms with E-state index in [4.69, 9.17) is 11.6 Å². The molecule has 0 saturated carbocycles. The second-order valence-corrected chi connectivity index (χ2v) is 2.22. The number of carbonyl (C=O) groups is 1. The minimum Gasteiger partial charge on any atom is -0.303 e. The summed E-state index contributed by atoms with van der Waals surface area (Å²) in [4.78, 5) is 14.0. The van der Waals surface area contributed by atoms with Gasteiger partial charge in [0, 0.05) is 6.21 Å². The fourth-order valence-corrected chi connectivity index (χ4v) is 0.820. The number of hydrogen-bond acceptors (Lipinski definition) is 2. The van der Waals surface area contributed by atoms with Crippen LogP contribution in [-0.2, 0) is 4.79 Å². The Morgan fingerprint density at radius 1 is 1.67 bits per heavy atom. The molecule has 1 rings (SSSR count). The first kappa shape index (κ1) is 6.49. The molecule has 0 saturated heterocycles. The Bertz CT molecular complexity index is 164. The van der Waals surface area contributed by atoms with E-state index in [1.165, 1.54) is 0 Å². The normalized spacial score (nSPS) is 32.6. The molecule has 0 fully saturated rings. The SMILES string of the molecule is O=CC1C=CC=NC1Cl. The van der Waals surface area contributed by atoms with Crippen LogP contribution in [0.2, 0.25) is 0 Å². The molecule has 3 heteroatoms. The van der Waals surface area contributed by atoms with Gasteiger partial charge in [-0.15, -0.1) is 0 Å². The maximum Gasteiger partial charge on any atom is 0.136 e. The van der Waals surface area contributed by atoms with Crippen LogP contribution < -0.4 is 0 Å². The van der Waals surface area contributed by atoms with Gasteiger partial charge in [0.15, 0.2) is 0 Å². The van der Waals surface area contributed by atoms with Crippen molar-refractivity contribution in [3.63, 3.8) is 0 Å². The summed E-state index contributed by atoms with van der Waals surface area (Å²) in [6.07, 6.45) is 5.85. The highest BCUT2D eigenvalue weighted by molar-refractivity contribution is 6.22. The number of rotatable bonds is 1. The molecule has 9 heavy (non-hydrogen) atoms. The number of allylic oxidation sites excluding steroid dienone is 1. The number of dihydropyridines is 1. The molecule has 0 spiro atoms. The lowest BCUT2D eigenvalue weighted by molar-refractivity contribution is -0.109. The molecule has 0 aromatic carbocycles. The molecule has 2 unspecified atom stereocenters. The maximum absolute atomic E-state index is 10.2. The third kappa shape index (κ3) is 1.39. The Morgan fingerprint density at radius 2 is 2.44 bits per heavy atom. The molecule has 0 radical (unpaired) electrons. The Morgan fingerprint density at radius 3 is 2.89 bits per heavy atom. The van der Waals surface area contributed by atoms with Crippen LogP contribution in [0.3, 0.4) is 0 Å². The van der Waals surface area contributed by atoms with Crippen molar-refractivity contribution in [2.24, 2.45) is 10.9 Å². The van der Waals surface area contributed by atoms with E-state index in [0.717, 1.165) is 6.29 Å². The van der Waals surface area contributed by atoms with Gasteiger partial charge in [-0.25, -0.2) is 0 Å². The number of aldehydes is 1. The zero-order valence-corrected chi connectivity index (χ0v) is 5.45. The molecular weight excluding hydrogens is 138 g/mol. The van der Waals surface area contributed by atoms with E-state index in [1.807, 2.05) is 0 Å². The second kappa shape index (κ2) is 2.78. The van der Waals surface area contributed by atoms with Crippen LogP contribution in [-0.4, -0.2) is 18.0 Å². The van der Waals surface area contributed by atoms with Crippen LogP contribution in [0.25, 0.3) is 0 Å². The van der Waals surface area contributed by atoms with Crippen LogP contribution in [0, 0.1) is 5.92 Å². The van der Waals surface area contributed by atoms with Crippen molar-refractivity contribution in [2.75, 3.05) is 0 Å². The fraction of sp³-hybridized carbons (Fsp3) is 0.333. The number of nitrogens with zero attached hydrogens (tertiary/aromatic N) is 1. The van der Waals surface area contributed by atoms with E-state index in [2.05, 4.69) is 4.99 Å². The van der Waals surface area contributed by atoms with E-state index >= 15 is 0 Å². The van der Waals surface area contributed by atoms with Gasteiger partial charge in [0.2, 0.25) is 0 Å². The number of aliphatic imine (C=N–C) groups is 1. The van der Waals surface area contributed by atoms with Crippen molar-refractivity contribution >= 4 is 24.1 Å². The van der Waals surface area contributed by atoms with Crippen LogP contribution in [0.1, 0.15) is 0 Å². The summed E-state index contributed by atoms with van der Waals surface area (Å²) in [5.41, 5.74) is -0.396. The second-order valence-electron chi connectivity index (χ2n) is 1.77. The third-order valence-corrected chi connectivity index (χ3v) is 1.53. The fourth-order valence-electron chi connectivity index (χ4n) is 0.611. The van der Waals surface area contributed by atoms with Gasteiger partial charge in [-0.3, -0.25) is 4.99 Å². The summed E-state index contributed by atoms with van der Waals surface area (Å²) in [6.45, 7) is 0. The number of hydrogen-bond donors (Lipinski definition) is 0. The standard InChI is InChI=1S/C6H6ClNO/c7-6-5(4-9)2-1-3-8-6/h1-6H. The summed E-state index contributed by atoms with van der Waals surface area (Å²) in [7, 11) is 0. The van der Waals surface area contributed by atoms with Gasteiger partial charge in [-0.1, -0.05) is 17.7 Å². The summed E-state index contributed by atoms with van der Waals surface area (Å²) in [5.74, 6) is -0.239. The molecule has 0 aliphatic carbocycles. The third-order valence-electron chi connectivity index (χ3n) is 1.12. The van der Waals surface area contributed by atoms with Crippen molar-refractivity contribution < 1.29 is 4.79 Å². The smallest absolute Gasteiger partial charge is 0.136 e. The molecular formula is C6H6ClNO. The molecule has 0 bridgehead atoms. The van der Waals surface area contributed by atoms with Crippen molar-refractivity contribution in [1.29, 1.82) is 0 Å². The quantitative estimate of drug-likeness (QED) is 0.306. The van der Waals surface area contributed by atoms with Crippen LogP contribution in [0.15, 0.2) is 17.1 Å². The van der Waals surface area contributed by atoms with Gasteiger partial charge < -0.3 is 4.79 Å². The Labute approximate surface area is 58.2 Å². The molecule has 1 heterocycles. The summed E-state index contributed by atoms with van der Waals surface area (Å²) < 4.78 is 0. The molecule has 48 valence electrons. The largest absolute Gasteiger partial charge is 0.303 e. The Balaban J connectivity index is 2.65. The van der Waals surface area contributed by atoms with Crippen LogP contribution in [0.5, 0.6) is 0 Å². The minimum absolute atomic E-state index is 0.239. The highest BCUT2D eigenvalue weighted by Crippen LogP contribution is 2.13. The molecule has 1 aliphatic rings. The van der Waals surface area contributed by atoms with Gasteiger partial charge in [0.25, 0.3) is 0 Å². The van der Waals surface area contributed by atoms with Crippen molar-refractivity contribution in [3.05, 3.63) is 12.2 Å². The van der Waals surface area contributed by atoms with Gasteiger partial charge in [-0.05, 0) is 6.08 Å². The molecule has 0 aromatic heterocycles. The predicted molar refractivity (Wildman–Crippen MR) is 36.8 cm³/mol. The highest BCUT2D eigenvalue weighted by atomic mass is 35.5. The average molecular weight is 144 g/mol. The first-order valence-electron chi connectivity index (χ1n) is 2.64. The van der Waals surface area contributed by atoms with E-state index in [-0.39, 0.29) is 5.92 Å². The Kier molecular flexibility index (Phi) is 2.01. The van der Waals surface area contributed by atoms with Crippen molar-refractivity contribution in [1.82, 2.24) is 0 Å². The van der Waals surface area contributed by atoms with E-state index in [1.54, 1.807) is 18.4 Å². The minimum atomic E-state index is -0.396. The topological polar surface area (TPSA) is 29.4 Å². The average Bonchev–Trinajstić information content (AvgIpc) is 1.89. The lowest BCUT2D eigenvalue weighted by Crippen LogP contribution is -2.14. The van der Waals surface area contributed by atoms with Crippen molar-refractivity contribution in [2.45, 2.75) is 5.50 Å². The van der Waals surface area contributed by atoms with Crippen LogP contribution in [0.4, 0.5) is 0 Å². The number of alkyl halides is 1. The monoisotopic (exact) mass is 143 g/mol. The predicted octanol–water partition coefficient (Wildman–Crippen LogP) is 1.01. The van der Waals surface area contributed by atoms with Gasteiger partial charge in [0.1, 0.15) is 11.8 Å². The lowest BCUT2D eigenvalue weighted by atomic mass is 10.1. The summed E-state index contributed by atoms with van der Waals surface area (Å²) in [5, 5.41) is 0. The highest BCUT2D eigenvalue weighted by Gasteiger charge is 2.14. The van der Waals surface area contributed by atoms with Gasteiger partial charge in [0.05, 0.1) is 5.92 Å². The molecule has 1 aliphatic heterocycles. The zero-order chi connectivity index (χ0) is 6.69. The van der Waals surface area contributed by atoms with E-state index in [9.17, 15) is 4.79 Å². The van der Waals surface area contributed by atoms with Crippen molar-refractivity contribution in [3.8, 4) is 0 Å². The number of halogens is 1. The molecule has 0 N–H and O–H groups in total. The summed E-state index contributed by atoms with van der Waals surface area (Å²) >= 11 is 5.60. The maximum atomic E-state index is 10.2. The molecule has 2 nitrogen and oxygen atoms in total. The summed E-state index contributed by atoms with van der Waals surface area (Å²) in [6, 6.07) is 0.